The lowest BCUT2D eigenvalue weighted by Gasteiger charge is -2.08. The van der Waals surface area contributed by atoms with E-state index in [0.29, 0.717) is 5.00 Å². The van der Waals surface area contributed by atoms with Crippen molar-refractivity contribution in [1.82, 2.24) is 0 Å². The smallest absolute Gasteiger partial charge is 0.341 e. The van der Waals surface area contributed by atoms with Crippen molar-refractivity contribution < 1.29 is 23.9 Å². The number of hydrogen-bond acceptors (Lipinski definition) is 6. The van der Waals surface area contributed by atoms with Gasteiger partial charge in [0.15, 0.2) is 6.61 Å². The number of thiophene rings is 1. The lowest BCUT2D eigenvalue weighted by atomic mass is 10.1. The van der Waals surface area contributed by atoms with Crippen LogP contribution in [0, 0.1) is 5.92 Å². The first-order valence-electron chi connectivity index (χ1n) is 8.25. The molecule has 1 N–H and O–H groups in total. The third-order valence-corrected chi connectivity index (χ3v) is 4.46. The summed E-state index contributed by atoms with van der Waals surface area (Å²) in [7, 11) is 0. The maximum absolute atomic E-state index is 12.2. The molecule has 1 aromatic carbocycles. The van der Waals surface area contributed by atoms with Gasteiger partial charge in [-0.25, -0.2) is 4.79 Å². The van der Waals surface area contributed by atoms with Crippen LogP contribution < -0.4 is 5.32 Å². The molecule has 0 aliphatic heterocycles. The normalized spacial score (nSPS) is 10.5. The van der Waals surface area contributed by atoms with E-state index in [1.165, 1.54) is 11.3 Å². The van der Waals surface area contributed by atoms with Crippen LogP contribution in [0.1, 0.15) is 31.1 Å². The summed E-state index contributed by atoms with van der Waals surface area (Å²) < 4.78 is 9.97. The van der Waals surface area contributed by atoms with Gasteiger partial charge in [0.1, 0.15) is 5.00 Å². The maximum atomic E-state index is 12.2. The zero-order valence-electron chi connectivity index (χ0n) is 14.9. The average molecular weight is 375 g/mol. The van der Waals surface area contributed by atoms with Crippen LogP contribution in [0.5, 0.6) is 0 Å². The molecule has 0 radical (unpaired) electrons. The second-order valence-corrected chi connectivity index (χ2v) is 6.80. The molecular formula is C19H21NO5S. The van der Waals surface area contributed by atoms with Gasteiger partial charge in [0.25, 0.3) is 5.91 Å². The van der Waals surface area contributed by atoms with Gasteiger partial charge in [0.05, 0.1) is 18.1 Å². The number of anilines is 1. The summed E-state index contributed by atoms with van der Waals surface area (Å²) in [6.07, 6.45) is 0. The number of carbonyl (C=O) groups is 3. The van der Waals surface area contributed by atoms with E-state index >= 15 is 0 Å². The Hall–Kier alpha value is -2.67. The Morgan fingerprint density at radius 3 is 2.42 bits per heavy atom. The van der Waals surface area contributed by atoms with Crippen molar-refractivity contribution in [3.8, 4) is 10.4 Å². The van der Waals surface area contributed by atoms with E-state index in [-0.39, 0.29) is 18.1 Å². The van der Waals surface area contributed by atoms with Crippen LogP contribution in [0.3, 0.4) is 0 Å². The van der Waals surface area contributed by atoms with Gasteiger partial charge in [-0.3, -0.25) is 9.59 Å². The zero-order chi connectivity index (χ0) is 19.1. The van der Waals surface area contributed by atoms with Crippen LogP contribution in [-0.2, 0) is 19.1 Å². The molecule has 0 aliphatic rings. The van der Waals surface area contributed by atoms with Crippen LogP contribution in [0.15, 0.2) is 36.4 Å². The molecule has 1 heterocycles. The summed E-state index contributed by atoms with van der Waals surface area (Å²) in [5.41, 5.74) is 1.20. The van der Waals surface area contributed by atoms with E-state index < -0.39 is 24.5 Å². The summed E-state index contributed by atoms with van der Waals surface area (Å²) in [5.74, 6) is -1.79. The number of carbonyl (C=O) groups excluding carboxylic acids is 3. The molecule has 0 atom stereocenters. The number of nitrogens with one attached hydrogen (secondary N) is 1. The lowest BCUT2D eigenvalue weighted by Crippen LogP contribution is -2.23. The quantitative estimate of drug-likeness (QED) is 0.746. The molecule has 7 heteroatoms. The van der Waals surface area contributed by atoms with Crippen LogP contribution in [0.2, 0.25) is 0 Å². The van der Waals surface area contributed by atoms with Crippen molar-refractivity contribution in [2.45, 2.75) is 20.8 Å². The largest absolute Gasteiger partial charge is 0.462 e. The summed E-state index contributed by atoms with van der Waals surface area (Å²) in [4.78, 5) is 36.6. The fourth-order valence-electron chi connectivity index (χ4n) is 2.06. The van der Waals surface area contributed by atoms with Gasteiger partial charge in [-0.2, -0.15) is 0 Å². The average Bonchev–Trinajstić information content (AvgIpc) is 3.04. The Balaban J connectivity index is 2.19. The fourth-order valence-corrected chi connectivity index (χ4v) is 3.12. The van der Waals surface area contributed by atoms with E-state index in [9.17, 15) is 14.4 Å². The van der Waals surface area contributed by atoms with Crippen molar-refractivity contribution >= 4 is 34.2 Å². The molecule has 0 aliphatic carbocycles. The molecule has 1 aromatic heterocycles. The zero-order valence-corrected chi connectivity index (χ0v) is 15.7. The highest BCUT2D eigenvalue weighted by molar-refractivity contribution is 7.20. The van der Waals surface area contributed by atoms with Crippen LogP contribution in [0.4, 0.5) is 5.00 Å². The molecule has 6 nitrogen and oxygen atoms in total. The standard InChI is InChI=1S/C19H21NO5S/c1-4-24-19(23)14-10-15(13-8-6-5-7-9-13)26-17(14)20-16(21)11-25-18(22)12(2)3/h5-10,12H,4,11H2,1-3H3,(H,20,21). The molecule has 0 saturated heterocycles. The first kappa shape index (κ1) is 19.7. The predicted molar refractivity (Wildman–Crippen MR) is 100 cm³/mol. The van der Waals surface area contributed by atoms with E-state index in [1.807, 2.05) is 30.3 Å². The molecule has 0 spiro atoms. The molecule has 0 fully saturated rings. The van der Waals surface area contributed by atoms with Crippen LogP contribution in [0.25, 0.3) is 10.4 Å². The number of hydrogen-bond donors (Lipinski definition) is 1. The Labute approximate surface area is 156 Å². The predicted octanol–water partition coefficient (Wildman–Crippen LogP) is 3.73. The van der Waals surface area contributed by atoms with Gasteiger partial charge in [-0.15, -0.1) is 11.3 Å². The highest BCUT2D eigenvalue weighted by Crippen LogP contribution is 2.35. The molecule has 0 saturated carbocycles. The van der Waals surface area contributed by atoms with E-state index in [4.69, 9.17) is 9.47 Å². The molecule has 1 amide bonds. The van der Waals surface area contributed by atoms with Crippen molar-refractivity contribution in [1.29, 1.82) is 0 Å². The monoisotopic (exact) mass is 375 g/mol. The Morgan fingerprint density at radius 1 is 1.12 bits per heavy atom. The van der Waals surface area contributed by atoms with Crippen molar-refractivity contribution in [2.24, 2.45) is 5.92 Å². The highest BCUT2D eigenvalue weighted by atomic mass is 32.1. The van der Waals surface area contributed by atoms with Gasteiger partial charge < -0.3 is 14.8 Å². The third kappa shape index (κ3) is 5.16. The number of ether oxygens (including phenoxy) is 2. The van der Waals surface area contributed by atoms with E-state index in [1.54, 1.807) is 26.8 Å². The summed E-state index contributed by atoms with van der Waals surface area (Å²) in [6, 6.07) is 11.2. The number of benzene rings is 1. The van der Waals surface area contributed by atoms with E-state index in [2.05, 4.69) is 5.32 Å². The molecule has 138 valence electrons. The molecule has 26 heavy (non-hydrogen) atoms. The summed E-state index contributed by atoms with van der Waals surface area (Å²) in [5, 5.41) is 3.00. The second kappa shape index (κ2) is 9.15. The van der Waals surface area contributed by atoms with Gasteiger partial charge >= 0.3 is 11.9 Å². The van der Waals surface area contributed by atoms with Crippen molar-refractivity contribution in [2.75, 3.05) is 18.5 Å². The second-order valence-electron chi connectivity index (χ2n) is 5.75. The van der Waals surface area contributed by atoms with Gasteiger partial charge in [-0.1, -0.05) is 44.2 Å². The van der Waals surface area contributed by atoms with Crippen molar-refractivity contribution in [3.63, 3.8) is 0 Å². The molecule has 2 aromatic rings. The van der Waals surface area contributed by atoms with Crippen LogP contribution >= 0.6 is 11.3 Å². The molecular weight excluding hydrogens is 354 g/mol. The number of esters is 2. The minimum atomic E-state index is -0.514. The van der Waals surface area contributed by atoms with Gasteiger partial charge in [-0.05, 0) is 18.6 Å². The summed E-state index contributed by atoms with van der Waals surface area (Å²) >= 11 is 1.26. The van der Waals surface area contributed by atoms with Gasteiger partial charge in [0.2, 0.25) is 0 Å². The first-order chi connectivity index (χ1) is 12.4. The number of amides is 1. The molecule has 0 unspecified atom stereocenters. The molecule has 0 bridgehead atoms. The minimum absolute atomic E-state index is 0.231. The Bertz CT molecular complexity index is 782. The van der Waals surface area contributed by atoms with Crippen molar-refractivity contribution in [3.05, 3.63) is 42.0 Å². The highest BCUT2D eigenvalue weighted by Gasteiger charge is 2.20. The topological polar surface area (TPSA) is 81.7 Å². The number of rotatable bonds is 7. The fraction of sp³-hybridized carbons (Fsp3) is 0.316. The van der Waals surface area contributed by atoms with E-state index in [0.717, 1.165) is 10.4 Å². The van der Waals surface area contributed by atoms with Crippen LogP contribution in [-0.4, -0.2) is 31.1 Å². The Morgan fingerprint density at radius 2 is 1.81 bits per heavy atom. The maximum Gasteiger partial charge on any atom is 0.341 e. The molecule has 2 rings (SSSR count). The summed E-state index contributed by atoms with van der Waals surface area (Å²) in [6.45, 7) is 4.91. The SMILES string of the molecule is CCOC(=O)c1cc(-c2ccccc2)sc1NC(=O)COC(=O)C(C)C. The van der Waals surface area contributed by atoms with Gasteiger partial charge in [0, 0.05) is 4.88 Å². The first-order valence-corrected chi connectivity index (χ1v) is 9.06. The minimum Gasteiger partial charge on any atom is -0.462 e. The Kier molecular flexibility index (Phi) is 6.91. The lowest BCUT2D eigenvalue weighted by molar-refractivity contribution is -0.150. The third-order valence-electron chi connectivity index (χ3n) is 3.36.